The summed E-state index contributed by atoms with van der Waals surface area (Å²) < 4.78 is 0. The van der Waals surface area contributed by atoms with E-state index in [2.05, 4.69) is 0 Å². The molecule has 0 bridgehead atoms. The van der Waals surface area contributed by atoms with Gasteiger partial charge in [0.1, 0.15) is 6.23 Å². The number of carbonyl (C=O) groups is 1. The van der Waals surface area contributed by atoms with Gasteiger partial charge in [-0.2, -0.15) is 0 Å². The quantitative estimate of drug-likeness (QED) is 0.538. The first kappa shape index (κ1) is 8.49. The van der Waals surface area contributed by atoms with Crippen LogP contribution in [0.3, 0.4) is 0 Å². The van der Waals surface area contributed by atoms with Gasteiger partial charge >= 0.3 is 0 Å². The number of hydrogen-bond acceptors (Lipinski definition) is 3. The summed E-state index contributed by atoms with van der Waals surface area (Å²) in [6.07, 6.45) is -0.507. The van der Waals surface area contributed by atoms with Crippen molar-refractivity contribution in [2.24, 2.45) is 0 Å². The molecule has 1 fully saturated rings. The maximum atomic E-state index is 11.1. The summed E-state index contributed by atoms with van der Waals surface area (Å²) in [4.78, 5) is 14.5. The number of carbonyl (C=O) groups excluding carboxylic acids is 1. The Balaban J connectivity index is 2.46. The maximum absolute atomic E-state index is 11.1. The molecule has 1 N–H and O–H groups in total. The van der Waals surface area contributed by atoms with Crippen molar-refractivity contribution < 1.29 is 9.90 Å². The lowest BCUT2D eigenvalue weighted by atomic mass is 10.3. The van der Waals surface area contributed by atoms with E-state index in [1.807, 2.05) is 0 Å². The van der Waals surface area contributed by atoms with Crippen LogP contribution in [-0.2, 0) is 4.79 Å². The van der Waals surface area contributed by atoms with Gasteiger partial charge in [0, 0.05) is 20.1 Å². The zero-order valence-corrected chi connectivity index (χ0v) is 6.95. The number of nitrogens with zero attached hydrogens (tertiary/aromatic N) is 2. The third-order valence-electron chi connectivity index (χ3n) is 2.02. The molecule has 1 aliphatic heterocycles. The minimum absolute atomic E-state index is 0.0807. The van der Waals surface area contributed by atoms with Gasteiger partial charge in [0.25, 0.3) is 0 Å². The predicted molar refractivity (Wildman–Crippen MR) is 40.9 cm³/mol. The molecule has 0 aliphatic carbocycles. The number of likely N-dealkylation sites (N-methyl/N-ethyl adjacent to an activating group) is 1. The summed E-state index contributed by atoms with van der Waals surface area (Å²) in [5.74, 6) is 0.0807. The first-order valence-electron chi connectivity index (χ1n) is 3.77. The number of aliphatic hydroxyl groups excluding tert-OH is 1. The topological polar surface area (TPSA) is 43.8 Å². The summed E-state index contributed by atoms with van der Waals surface area (Å²) in [7, 11) is 1.78. The van der Waals surface area contributed by atoms with Crippen molar-refractivity contribution in [3.05, 3.63) is 0 Å². The third kappa shape index (κ3) is 1.91. The zero-order chi connectivity index (χ0) is 8.43. The van der Waals surface area contributed by atoms with Crippen molar-refractivity contribution in [1.29, 1.82) is 0 Å². The summed E-state index contributed by atoms with van der Waals surface area (Å²) >= 11 is 0. The van der Waals surface area contributed by atoms with E-state index in [4.69, 9.17) is 5.11 Å². The van der Waals surface area contributed by atoms with E-state index in [-0.39, 0.29) is 5.91 Å². The van der Waals surface area contributed by atoms with Crippen molar-refractivity contribution in [2.75, 3.05) is 26.7 Å². The van der Waals surface area contributed by atoms with Crippen LogP contribution in [0.2, 0.25) is 0 Å². The van der Waals surface area contributed by atoms with Crippen LogP contribution < -0.4 is 0 Å². The molecule has 0 spiro atoms. The van der Waals surface area contributed by atoms with Crippen LogP contribution in [0.4, 0.5) is 0 Å². The highest BCUT2D eigenvalue weighted by Crippen LogP contribution is 2.03. The zero-order valence-electron chi connectivity index (χ0n) is 6.95. The van der Waals surface area contributed by atoms with Crippen LogP contribution in [0.5, 0.6) is 0 Å². The number of hydrogen-bond donors (Lipinski definition) is 1. The predicted octanol–water partition coefficient (Wildman–Crippen LogP) is -0.901. The van der Waals surface area contributed by atoms with Crippen LogP contribution in [0.15, 0.2) is 0 Å². The van der Waals surface area contributed by atoms with Gasteiger partial charge in [0.2, 0.25) is 5.91 Å². The highest BCUT2D eigenvalue weighted by atomic mass is 16.3. The Hall–Kier alpha value is -0.610. The molecule has 4 nitrogen and oxygen atoms in total. The van der Waals surface area contributed by atoms with Gasteiger partial charge in [0.05, 0.1) is 6.54 Å². The fourth-order valence-electron chi connectivity index (χ4n) is 1.10. The average molecular weight is 158 g/mol. The first-order chi connectivity index (χ1) is 5.11. The van der Waals surface area contributed by atoms with Crippen molar-refractivity contribution in [3.63, 3.8) is 0 Å². The lowest BCUT2D eigenvalue weighted by Gasteiger charge is -2.33. The Morgan fingerprint density at radius 3 is 2.64 bits per heavy atom. The molecule has 1 atom stereocenters. The number of piperazine rings is 1. The van der Waals surface area contributed by atoms with Gasteiger partial charge in [-0.05, 0) is 6.92 Å². The molecule has 0 aromatic heterocycles. The van der Waals surface area contributed by atoms with Crippen LogP contribution in [-0.4, -0.2) is 53.7 Å². The number of amides is 1. The molecule has 0 radical (unpaired) electrons. The Bertz CT molecular complexity index is 159. The van der Waals surface area contributed by atoms with Gasteiger partial charge in [-0.25, -0.2) is 0 Å². The van der Waals surface area contributed by atoms with Crippen molar-refractivity contribution >= 4 is 5.91 Å². The van der Waals surface area contributed by atoms with E-state index >= 15 is 0 Å². The minimum Gasteiger partial charge on any atom is -0.379 e. The highest BCUT2D eigenvalue weighted by Gasteiger charge is 2.22. The van der Waals surface area contributed by atoms with Gasteiger partial charge in [-0.3, -0.25) is 9.69 Å². The molecule has 1 heterocycles. The molecule has 11 heavy (non-hydrogen) atoms. The molecule has 0 aromatic carbocycles. The molecule has 1 unspecified atom stereocenters. The first-order valence-corrected chi connectivity index (χ1v) is 3.77. The SMILES string of the molecule is CC(O)N1CCN(C)C(=O)C1. The lowest BCUT2D eigenvalue weighted by Crippen LogP contribution is -2.51. The van der Waals surface area contributed by atoms with Crippen molar-refractivity contribution in [2.45, 2.75) is 13.2 Å². The van der Waals surface area contributed by atoms with E-state index < -0.39 is 6.23 Å². The lowest BCUT2D eigenvalue weighted by molar-refractivity contribution is -0.138. The molecular weight excluding hydrogens is 144 g/mol. The second-order valence-corrected chi connectivity index (χ2v) is 2.92. The van der Waals surface area contributed by atoms with Gasteiger partial charge in [-0.1, -0.05) is 0 Å². The monoisotopic (exact) mass is 158 g/mol. The van der Waals surface area contributed by atoms with Crippen LogP contribution in [0.1, 0.15) is 6.92 Å². The van der Waals surface area contributed by atoms with E-state index in [1.54, 1.807) is 23.8 Å². The summed E-state index contributed by atoms with van der Waals surface area (Å²) in [5, 5.41) is 9.14. The molecule has 0 saturated carbocycles. The highest BCUT2D eigenvalue weighted by molar-refractivity contribution is 5.78. The van der Waals surface area contributed by atoms with Crippen LogP contribution in [0.25, 0.3) is 0 Å². The summed E-state index contributed by atoms with van der Waals surface area (Å²) in [6.45, 7) is 3.50. The Kier molecular flexibility index (Phi) is 2.46. The second kappa shape index (κ2) is 3.19. The van der Waals surface area contributed by atoms with Crippen molar-refractivity contribution in [3.8, 4) is 0 Å². The van der Waals surface area contributed by atoms with Gasteiger partial charge in [0.15, 0.2) is 0 Å². The van der Waals surface area contributed by atoms with Crippen molar-refractivity contribution in [1.82, 2.24) is 9.80 Å². The molecule has 1 aliphatic rings. The Morgan fingerprint density at radius 2 is 2.18 bits per heavy atom. The Labute approximate surface area is 66.4 Å². The summed E-state index contributed by atoms with van der Waals surface area (Å²) in [6, 6.07) is 0. The van der Waals surface area contributed by atoms with Crippen LogP contribution >= 0.6 is 0 Å². The van der Waals surface area contributed by atoms with E-state index in [9.17, 15) is 4.79 Å². The number of aliphatic hydroxyl groups is 1. The molecular formula is C7H14N2O2. The number of rotatable bonds is 1. The third-order valence-corrected chi connectivity index (χ3v) is 2.02. The Morgan fingerprint density at radius 1 is 1.55 bits per heavy atom. The van der Waals surface area contributed by atoms with E-state index in [0.29, 0.717) is 13.1 Å². The molecule has 1 amide bonds. The van der Waals surface area contributed by atoms with E-state index in [0.717, 1.165) is 6.54 Å². The van der Waals surface area contributed by atoms with Gasteiger partial charge in [-0.15, -0.1) is 0 Å². The van der Waals surface area contributed by atoms with Gasteiger partial charge < -0.3 is 10.0 Å². The molecule has 4 heteroatoms. The van der Waals surface area contributed by atoms with Crippen LogP contribution in [0, 0.1) is 0 Å². The van der Waals surface area contributed by atoms with E-state index in [1.165, 1.54) is 0 Å². The summed E-state index contributed by atoms with van der Waals surface area (Å²) in [5.41, 5.74) is 0. The molecule has 64 valence electrons. The average Bonchev–Trinajstić information content (AvgIpc) is 1.94. The standard InChI is InChI=1S/C7H14N2O2/c1-6(10)9-4-3-8(2)7(11)5-9/h6,10H,3-5H2,1-2H3. The fraction of sp³-hybridized carbons (Fsp3) is 0.857. The largest absolute Gasteiger partial charge is 0.379 e. The molecule has 1 saturated heterocycles. The maximum Gasteiger partial charge on any atom is 0.236 e. The molecule has 1 rings (SSSR count). The second-order valence-electron chi connectivity index (χ2n) is 2.92. The fourth-order valence-corrected chi connectivity index (χ4v) is 1.10. The smallest absolute Gasteiger partial charge is 0.236 e. The molecule has 0 aromatic rings. The minimum atomic E-state index is -0.507. The normalized spacial score (nSPS) is 23.9.